The summed E-state index contributed by atoms with van der Waals surface area (Å²) >= 11 is 5.80. The van der Waals surface area contributed by atoms with E-state index in [2.05, 4.69) is 15.3 Å². The zero-order valence-electron chi connectivity index (χ0n) is 8.96. The van der Waals surface area contributed by atoms with Crippen molar-refractivity contribution in [3.05, 3.63) is 35.0 Å². The van der Waals surface area contributed by atoms with Crippen molar-refractivity contribution in [2.45, 2.75) is 13.0 Å². The zero-order valence-corrected chi connectivity index (χ0v) is 9.72. The number of halogens is 2. The van der Waals surface area contributed by atoms with Gasteiger partial charge in [0.05, 0.1) is 11.2 Å². The highest BCUT2D eigenvalue weighted by atomic mass is 35.5. The largest absolute Gasteiger partial charge is 0.312 e. The van der Waals surface area contributed by atoms with E-state index in [9.17, 15) is 4.39 Å². The second kappa shape index (κ2) is 4.31. The molecule has 0 saturated heterocycles. The van der Waals surface area contributed by atoms with Crippen LogP contribution in [0, 0.1) is 5.82 Å². The minimum atomic E-state index is -0.328. The molecule has 0 bridgehead atoms. The van der Waals surface area contributed by atoms with Crippen molar-refractivity contribution >= 4 is 22.5 Å². The van der Waals surface area contributed by atoms with E-state index < -0.39 is 0 Å². The van der Waals surface area contributed by atoms with E-state index in [-0.39, 0.29) is 17.1 Å². The molecular formula is C11H11ClFN3. The van der Waals surface area contributed by atoms with Crippen LogP contribution in [0.15, 0.2) is 18.2 Å². The lowest BCUT2D eigenvalue weighted by Crippen LogP contribution is -2.14. The van der Waals surface area contributed by atoms with Gasteiger partial charge in [0.1, 0.15) is 5.82 Å². The Morgan fingerprint density at radius 3 is 2.81 bits per heavy atom. The van der Waals surface area contributed by atoms with Crippen LogP contribution < -0.4 is 5.32 Å². The molecule has 1 aromatic carbocycles. The molecule has 2 rings (SSSR count). The summed E-state index contributed by atoms with van der Waals surface area (Å²) in [5, 5.41) is 4.02. The Balaban J connectivity index is 2.72. The van der Waals surface area contributed by atoms with E-state index in [1.54, 1.807) is 6.07 Å². The van der Waals surface area contributed by atoms with Gasteiger partial charge in [0.15, 0.2) is 0 Å². The maximum atomic E-state index is 13.1. The molecule has 5 heteroatoms. The summed E-state index contributed by atoms with van der Waals surface area (Å²) < 4.78 is 13.1. The summed E-state index contributed by atoms with van der Waals surface area (Å²) in [6.07, 6.45) is 0. The Morgan fingerprint density at radius 2 is 2.12 bits per heavy atom. The Labute approximate surface area is 97.7 Å². The topological polar surface area (TPSA) is 37.8 Å². The second-order valence-electron chi connectivity index (χ2n) is 3.55. The molecule has 0 saturated carbocycles. The standard InChI is InChI=1S/C11H11ClFN3/c1-6(14-2)10-8-4-3-7(13)5-9(8)15-11(12)16-10/h3-6,14H,1-2H3. The molecule has 1 aromatic heterocycles. The smallest absolute Gasteiger partial charge is 0.223 e. The molecule has 1 atom stereocenters. The van der Waals surface area contributed by atoms with Crippen molar-refractivity contribution in [1.82, 2.24) is 15.3 Å². The quantitative estimate of drug-likeness (QED) is 0.819. The van der Waals surface area contributed by atoms with E-state index in [1.165, 1.54) is 12.1 Å². The average Bonchev–Trinajstić information content (AvgIpc) is 2.26. The summed E-state index contributed by atoms with van der Waals surface area (Å²) in [6, 6.07) is 4.46. The molecule has 1 unspecified atom stereocenters. The van der Waals surface area contributed by atoms with Gasteiger partial charge >= 0.3 is 0 Å². The molecule has 1 N–H and O–H groups in total. The highest BCUT2D eigenvalue weighted by Gasteiger charge is 2.12. The second-order valence-corrected chi connectivity index (χ2v) is 3.89. The first-order valence-corrected chi connectivity index (χ1v) is 5.29. The zero-order chi connectivity index (χ0) is 11.7. The van der Waals surface area contributed by atoms with Crippen molar-refractivity contribution in [3.8, 4) is 0 Å². The number of rotatable bonds is 2. The van der Waals surface area contributed by atoms with E-state index in [4.69, 9.17) is 11.6 Å². The van der Waals surface area contributed by atoms with Gasteiger partial charge in [0.25, 0.3) is 0 Å². The monoisotopic (exact) mass is 239 g/mol. The van der Waals surface area contributed by atoms with Crippen LogP contribution in [-0.2, 0) is 0 Å². The molecular weight excluding hydrogens is 229 g/mol. The fraction of sp³-hybridized carbons (Fsp3) is 0.273. The summed E-state index contributed by atoms with van der Waals surface area (Å²) in [5.74, 6) is -0.328. The Hall–Kier alpha value is -1.26. The maximum absolute atomic E-state index is 13.1. The third-order valence-corrected chi connectivity index (χ3v) is 2.67. The molecule has 0 radical (unpaired) electrons. The fourth-order valence-electron chi connectivity index (χ4n) is 1.56. The SMILES string of the molecule is CNC(C)c1nc(Cl)nc2cc(F)ccc12. The predicted octanol–water partition coefficient (Wildman–Crippen LogP) is 2.70. The predicted molar refractivity (Wildman–Crippen MR) is 62.0 cm³/mol. The number of benzene rings is 1. The first-order valence-electron chi connectivity index (χ1n) is 4.92. The first kappa shape index (κ1) is 11.2. The Morgan fingerprint density at radius 1 is 1.38 bits per heavy atom. The molecule has 84 valence electrons. The van der Waals surface area contributed by atoms with Crippen LogP contribution in [0.1, 0.15) is 18.7 Å². The molecule has 2 aromatic rings. The van der Waals surface area contributed by atoms with Gasteiger partial charge in [-0.05, 0) is 37.7 Å². The lowest BCUT2D eigenvalue weighted by atomic mass is 10.1. The number of nitrogens with one attached hydrogen (secondary N) is 1. The third-order valence-electron chi connectivity index (χ3n) is 2.50. The molecule has 0 aliphatic carbocycles. The average molecular weight is 240 g/mol. The molecule has 0 aliphatic heterocycles. The van der Waals surface area contributed by atoms with E-state index in [1.807, 2.05) is 14.0 Å². The van der Waals surface area contributed by atoms with Gasteiger partial charge in [0.2, 0.25) is 5.28 Å². The summed E-state index contributed by atoms with van der Waals surface area (Å²) in [5.41, 5.74) is 1.30. The van der Waals surface area contributed by atoms with Crippen molar-refractivity contribution in [2.75, 3.05) is 7.05 Å². The molecule has 0 fully saturated rings. The molecule has 0 spiro atoms. The number of nitrogens with zero attached hydrogens (tertiary/aromatic N) is 2. The van der Waals surface area contributed by atoms with Crippen LogP contribution in [0.2, 0.25) is 5.28 Å². The highest BCUT2D eigenvalue weighted by molar-refractivity contribution is 6.28. The van der Waals surface area contributed by atoms with Crippen LogP contribution in [0.25, 0.3) is 10.9 Å². The fourth-order valence-corrected chi connectivity index (χ4v) is 1.75. The molecule has 0 aliphatic rings. The van der Waals surface area contributed by atoms with Crippen LogP contribution in [0.4, 0.5) is 4.39 Å². The van der Waals surface area contributed by atoms with Gasteiger partial charge in [-0.2, -0.15) is 0 Å². The van der Waals surface area contributed by atoms with E-state index >= 15 is 0 Å². The molecule has 16 heavy (non-hydrogen) atoms. The van der Waals surface area contributed by atoms with Gasteiger partial charge in [0, 0.05) is 17.5 Å². The van der Waals surface area contributed by atoms with Gasteiger partial charge < -0.3 is 5.32 Å². The number of hydrogen-bond acceptors (Lipinski definition) is 3. The lowest BCUT2D eigenvalue weighted by Gasteiger charge is -2.12. The van der Waals surface area contributed by atoms with Crippen LogP contribution in [0.5, 0.6) is 0 Å². The summed E-state index contributed by atoms with van der Waals surface area (Å²) in [7, 11) is 1.83. The summed E-state index contributed by atoms with van der Waals surface area (Å²) in [4.78, 5) is 8.17. The van der Waals surface area contributed by atoms with E-state index in [0.29, 0.717) is 5.52 Å². The van der Waals surface area contributed by atoms with Gasteiger partial charge in [-0.1, -0.05) is 0 Å². The Kier molecular flexibility index (Phi) is 3.03. The lowest BCUT2D eigenvalue weighted by molar-refractivity contribution is 0.626. The van der Waals surface area contributed by atoms with Crippen molar-refractivity contribution in [2.24, 2.45) is 0 Å². The minimum absolute atomic E-state index is 0.0356. The summed E-state index contributed by atoms with van der Waals surface area (Å²) in [6.45, 7) is 1.96. The maximum Gasteiger partial charge on any atom is 0.223 e. The normalized spacial score (nSPS) is 13.0. The van der Waals surface area contributed by atoms with Crippen molar-refractivity contribution in [1.29, 1.82) is 0 Å². The van der Waals surface area contributed by atoms with Crippen LogP contribution in [0.3, 0.4) is 0 Å². The third kappa shape index (κ3) is 1.99. The Bertz CT molecular complexity index is 525. The minimum Gasteiger partial charge on any atom is -0.312 e. The van der Waals surface area contributed by atoms with Gasteiger partial charge in [-0.3, -0.25) is 0 Å². The van der Waals surface area contributed by atoms with Crippen molar-refractivity contribution < 1.29 is 4.39 Å². The van der Waals surface area contributed by atoms with E-state index in [0.717, 1.165) is 11.1 Å². The number of hydrogen-bond donors (Lipinski definition) is 1. The van der Waals surface area contributed by atoms with Crippen molar-refractivity contribution in [3.63, 3.8) is 0 Å². The van der Waals surface area contributed by atoms with Gasteiger partial charge in [-0.25, -0.2) is 14.4 Å². The molecule has 3 nitrogen and oxygen atoms in total. The number of fused-ring (bicyclic) bond motifs is 1. The molecule has 1 heterocycles. The number of aromatic nitrogens is 2. The van der Waals surface area contributed by atoms with Crippen LogP contribution >= 0.6 is 11.6 Å². The highest BCUT2D eigenvalue weighted by Crippen LogP contribution is 2.23. The van der Waals surface area contributed by atoms with Gasteiger partial charge in [-0.15, -0.1) is 0 Å². The molecule has 0 amide bonds. The first-order chi connectivity index (χ1) is 7.61. The van der Waals surface area contributed by atoms with Crippen LogP contribution in [-0.4, -0.2) is 17.0 Å².